The van der Waals surface area contributed by atoms with Gasteiger partial charge in [-0.25, -0.2) is 0 Å². The lowest BCUT2D eigenvalue weighted by molar-refractivity contribution is -0.253. The first-order chi connectivity index (χ1) is 8.20. The second-order valence-electron chi connectivity index (χ2n) is 8.05. The molecule has 0 heterocycles. The first kappa shape index (κ1) is 10.3. The molecule has 7 rings (SSSR count). The van der Waals surface area contributed by atoms with Gasteiger partial charge in [-0.1, -0.05) is 22.9 Å². The Bertz CT molecular complexity index is 350. The van der Waals surface area contributed by atoms with Crippen molar-refractivity contribution in [2.24, 2.45) is 46.8 Å². The zero-order chi connectivity index (χ0) is 11.4. The van der Waals surface area contributed by atoms with Crippen molar-refractivity contribution in [3.63, 3.8) is 0 Å². The average molecular weight is 295 g/mol. The van der Waals surface area contributed by atoms with Crippen LogP contribution in [0.4, 0.5) is 0 Å². The fraction of sp³-hybridized carbons (Fsp3) is 1.00. The maximum Gasteiger partial charge on any atom is 0.0179 e. The fourth-order valence-corrected chi connectivity index (χ4v) is 8.65. The molecule has 7 saturated carbocycles. The van der Waals surface area contributed by atoms with E-state index in [2.05, 4.69) is 22.9 Å². The topological polar surface area (TPSA) is 0 Å². The monoisotopic (exact) mass is 294 g/mol. The lowest BCUT2D eigenvalue weighted by atomic mass is 9.30. The lowest BCUT2D eigenvalue weighted by Crippen LogP contribution is -2.69. The molecule has 7 aliphatic rings. The van der Waals surface area contributed by atoms with E-state index in [4.69, 9.17) is 0 Å². The molecule has 5 unspecified atom stereocenters. The SMILES string of the molecule is CC(Br)C12CC3CC4C5CC(CC41)CC2C5C3. The smallest absolute Gasteiger partial charge is 0.0179 e. The van der Waals surface area contributed by atoms with E-state index in [0.717, 1.165) is 45.7 Å². The van der Waals surface area contributed by atoms with Gasteiger partial charge in [0, 0.05) is 4.83 Å². The maximum absolute atomic E-state index is 4.05. The highest BCUT2D eigenvalue weighted by atomic mass is 79.9. The molecule has 0 N–H and O–H groups in total. The van der Waals surface area contributed by atoms with E-state index in [1.807, 2.05) is 0 Å². The van der Waals surface area contributed by atoms with E-state index in [9.17, 15) is 0 Å². The van der Waals surface area contributed by atoms with E-state index in [1.54, 1.807) is 38.5 Å². The largest absolute Gasteiger partial charge is 0.0887 e. The van der Waals surface area contributed by atoms with Crippen LogP contribution in [0.25, 0.3) is 0 Å². The first-order valence-electron chi connectivity index (χ1n) is 7.84. The predicted octanol–water partition coefficient (Wildman–Crippen LogP) is 4.48. The minimum atomic E-state index is 0.740. The fourth-order valence-electron chi connectivity index (χ4n) is 7.78. The molecule has 0 radical (unpaired) electrons. The van der Waals surface area contributed by atoms with Crippen LogP contribution in [0, 0.1) is 46.8 Å². The van der Waals surface area contributed by atoms with Crippen molar-refractivity contribution in [3.8, 4) is 0 Å². The van der Waals surface area contributed by atoms with Gasteiger partial charge in [-0.2, -0.15) is 0 Å². The summed E-state index contributed by atoms with van der Waals surface area (Å²) in [5, 5.41) is 0. The van der Waals surface area contributed by atoms with Crippen LogP contribution in [-0.4, -0.2) is 4.83 Å². The third kappa shape index (κ3) is 0.977. The second kappa shape index (κ2) is 2.97. The normalized spacial score (nSPS) is 67.8. The molecule has 94 valence electrons. The van der Waals surface area contributed by atoms with Crippen molar-refractivity contribution in [1.82, 2.24) is 0 Å². The Kier molecular flexibility index (Phi) is 1.80. The summed E-state index contributed by atoms with van der Waals surface area (Å²) in [5.41, 5.74) is 0.740. The van der Waals surface area contributed by atoms with Crippen LogP contribution in [0.3, 0.4) is 0 Å². The summed E-state index contributed by atoms with van der Waals surface area (Å²) in [4.78, 5) is 0.776. The van der Waals surface area contributed by atoms with Gasteiger partial charge in [0.2, 0.25) is 0 Å². The third-order valence-electron chi connectivity index (χ3n) is 7.89. The second-order valence-corrected chi connectivity index (χ2v) is 9.42. The Labute approximate surface area is 113 Å². The number of alkyl halides is 1. The average Bonchev–Trinajstić information content (AvgIpc) is 2.34. The Morgan fingerprint density at radius 3 is 2.06 bits per heavy atom. The molecule has 0 aromatic carbocycles. The van der Waals surface area contributed by atoms with E-state index in [1.165, 1.54) is 5.92 Å². The molecule has 0 spiro atoms. The molecule has 5 atom stereocenters. The Balaban J connectivity index is 1.71. The van der Waals surface area contributed by atoms with E-state index in [0.29, 0.717) is 0 Å². The highest BCUT2D eigenvalue weighted by Gasteiger charge is 2.70. The Morgan fingerprint density at radius 1 is 0.882 bits per heavy atom. The van der Waals surface area contributed by atoms with Gasteiger partial charge in [-0.3, -0.25) is 0 Å². The molecule has 7 fully saturated rings. The molecule has 0 aromatic rings. The Morgan fingerprint density at radius 2 is 1.47 bits per heavy atom. The summed E-state index contributed by atoms with van der Waals surface area (Å²) in [6.45, 7) is 2.48. The van der Waals surface area contributed by atoms with Gasteiger partial charge in [0.25, 0.3) is 0 Å². The summed E-state index contributed by atoms with van der Waals surface area (Å²) in [5.74, 6) is 7.97. The molecule has 17 heavy (non-hydrogen) atoms. The third-order valence-corrected chi connectivity index (χ3v) is 8.74. The summed E-state index contributed by atoms with van der Waals surface area (Å²) < 4.78 is 0. The van der Waals surface area contributed by atoms with Crippen LogP contribution in [-0.2, 0) is 0 Å². The van der Waals surface area contributed by atoms with E-state index < -0.39 is 0 Å². The van der Waals surface area contributed by atoms with Crippen molar-refractivity contribution in [2.75, 3.05) is 0 Å². The quantitative estimate of drug-likeness (QED) is 0.626. The van der Waals surface area contributed by atoms with Gasteiger partial charge in [0.05, 0.1) is 0 Å². The van der Waals surface area contributed by atoms with Crippen LogP contribution in [0.15, 0.2) is 0 Å². The van der Waals surface area contributed by atoms with Crippen LogP contribution in [0.1, 0.15) is 45.4 Å². The van der Waals surface area contributed by atoms with Gasteiger partial charge in [0.1, 0.15) is 0 Å². The number of hydrogen-bond acceptors (Lipinski definition) is 0. The summed E-state index contributed by atoms with van der Waals surface area (Å²) in [7, 11) is 0. The molecular formula is C16H23Br. The minimum Gasteiger partial charge on any atom is -0.0887 e. The number of hydrogen-bond donors (Lipinski definition) is 0. The predicted molar refractivity (Wildman–Crippen MR) is 73.0 cm³/mol. The van der Waals surface area contributed by atoms with Crippen molar-refractivity contribution >= 4 is 15.9 Å². The molecular weight excluding hydrogens is 272 g/mol. The number of rotatable bonds is 1. The lowest BCUT2D eigenvalue weighted by Gasteiger charge is -2.75. The van der Waals surface area contributed by atoms with Gasteiger partial charge >= 0.3 is 0 Å². The van der Waals surface area contributed by atoms with Gasteiger partial charge in [-0.15, -0.1) is 0 Å². The molecule has 0 saturated heterocycles. The van der Waals surface area contributed by atoms with Crippen molar-refractivity contribution < 1.29 is 0 Å². The van der Waals surface area contributed by atoms with Gasteiger partial charge in [-0.05, 0) is 85.4 Å². The Hall–Kier alpha value is 0.480. The molecule has 0 aromatic heterocycles. The minimum absolute atomic E-state index is 0.740. The summed E-state index contributed by atoms with van der Waals surface area (Å²) in [6.07, 6.45) is 9.66. The molecule has 0 nitrogen and oxygen atoms in total. The van der Waals surface area contributed by atoms with Crippen LogP contribution >= 0.6 is 15.9 Å². The molecule has 8 bridgehead atoms. The standard InChI is InChI=1S/C16H23Br/c1-8(17)16-7-10-3-12-11-2-9(5-14(12)16)6-15(16)13(11)4-10/h8-15H,2-7H2,1H3. The molecule has 1 heteroatoms. The van der Waals surface area contributed by atoms with Gasteiger partial charge < -0.3 is 0 Å². The van der Waals surface area contributed by atoms with Crippen LogP contribution < -0.4 is 0 Å². The molecule has 0 aliphatic heterocycles. The van der Waals surface area contributed by atoms with Crippen molar-refractivity contribution in [2.45, 2.75) is 50.3 Å². The van der Waals surface area contributed by atoms with E-state index in [-0.39, 0.29) is 0 Å². The summed E-state index contributed by atoms with van der Waals surface area (Å²) >= 11 is 4.05. The molecule has 7 aliphatic carbocycles. The van der Waals surface area contributed by atoms with E-state index >= 15 is 0 Å². The van der Waals surface area contributed by atoms with Gasteiger partial charge in [0.15, 0.2) is 0 Å². The highest BCUT2D eigenvalue weighted by Crippen LogP contribution is 2.77. The van der Waals surface area contributed by atoms with Crippen molar-refractivity contribution in [3.05, 3.63) is 0 Å². The number of halogens is 1. The summed E-state index contributed by atoms with van der Waals surface area (Å²) in [6, 6.07) is 0. The highest BCUT2D eigenvalue weighted by molar-refractivity contribution is 9.09. The molecule has 0 amide bonds. The zero-order valence-corrected chi connectivity index (χ0v) is 12.3. The maximum atomic E-state index is 4.05. The van der Waals surface area contributed by atoms with Crippen molar-refractivity contribution in [1.29, 1.82) is 0 Å². The zero-order valence-electron chi connectivity index (χ0n) is 10.7. The van der Waals surface area contributed by atoms with Crippen LogP contribution in [0.2, 0.25) is 0 Å². The van der Waals surface area contributed by atoms with Crippen LogP contribution in [0.5, 0.6) is 0 Å². The first-order valence-corrected chi connectivity index (χ1v) is 8.75.